The molecule has 9 atom stereocenters. The Balaban J connectivity index is 1.25. The molecule has 2 bridgehead atoms. The Bertz CT molecular complexity index is 1820. The highest BCUT2D eigenvalue weighted by atomic mass is 32.2. The Kier molecular flexibility index (Phi) is 7.83. The van der Waals surface area contributed by atoms with Crippen molar-refractivity contribution in [2.75, 3.05) is 26.0 Å². The molecule has 49 heavy (non-hydrogen) atoms. The zero-order valence-corrected chi connectivity index (χ0v) is 29.9. The van der Waals surface area contributed by atoms with Crippen molar-refractivity contribution in [2.45, 2.75) is 89.4 Å². The summed E-state index contributed by atoms with van der Waals surface area (Å²) < 4.78 is 33.7. The lowest BCUT2D eigenvalue weighted by molar-refractivity contribution is -0.174. The van der Waals surface area contributed by atoms with Crippen LogP contribution in [0.15, 0.2) is 78.4 Å². The summed E-state index contributed by atoms with van der Waals surface area (Å²) >= 11 is 0. The third-order valence-electron chi connectivity index (χ3n) is 14.6. The summed E-state index contributed by atoms with van der Waals surface area (Å²) in [5.74, 6) is 0.111. The van der Waals surface area contributed by atoms with Crippen LogP contribution in [0.5, 0.6) is 0 Å². The number of ether oxygens (including phenoxy) is 1. The Morgan fingerprint density at radius 3 is 2.35 bits per heavy atom. The number of rotatable bonds is 8. The van der Waals surface area contributed by atoms with Crippen LogP contribution in [0.2, 0.25) is 0 Å². The van der Waals surface area contributed by atoms with Gasteiger partial charge in [0.2, 0.25) is 10.0 Å². The van der Waals surface area contributed by atoms with Gasteiger partial charge in [0.15, 0.2) is 5.78 Å². The van der Waals surface area contributed by atoms with Crippen LogP contribution in [-0.2, 0) is 14.8 Å². The summed E-state index contributed by atoms with van der Waals surface area (Å²) in [6.07, 6.45) is 14.2. The van der Waals surface area contributed by atoms with Crippen LogP contribution in [-0.4, -0.2) is 72.5 Å². The second-order valence-electron chi connectivity index (χ2n) is 16.7. The van der Waals surface area contributed by atoms with E-state index < -0.39 is 38.0 Å². The molecule has 3 saturated carbocycles. The Morgan fingerprint density at radius 2 is 1.61 bits per heavy atom. The molecule has 8 heteroatoms. The van der Waals surface area contributed by atoms with Gasteiger partial charge in [-0.25, -0.2) is 8.42 Å². The van der Waals surface area contributed by atoms with Crippen LogP contribution in [0.25, 0.3) is 11.1 Å². The summed E-state index contributed by atoms with van der Waals surface area (Å²) in [5, 5.41) is 23.9. The van der Waals surface area contributed by atoms with E-state index >= 15 is 4.79 Å². The van der Waals surface area contributed by atoms with Gasteiger partial charge in [-0.15, -0.1) is 0 Å². The van der Waals surface area contributed by atoms with E-state index in [-0.39, 0.29) is 42.2 Å². The molecule has 4 fully saturated rings. The number of hydrogen-bond acceptors (Lipinski definition) is 6. The van der Waals surface area contributed by atoms with Crippen molar-refractivity contribution in [3.8, 4) is 11.1 Å². The molecule has 1 saturated heterocycles. The molecular weight excluding hydrogens is 635 g/mol. The number of Topliss-reactive ketones (excluding diaryl/α,β-unsaturated/α-hetero) is 1. The van der Waals surface area contributed by atoms with Crippen molar-refractivity contribution in [2.24, 2.45) is 33.5 Å². The lowest BCUT2D eigenvalue weighted by Gasteiger charge is -2.71. The average molecular weight is 686 g/mol. The zero-order chi connectivity index (χ0) is 34.5. The maximum absolute atomic E-state index is 15.3. The van der Waals surface area contributed by atoms with Crippen molar-refractivity contribution in [3.05, 3.63) is 84.0 Å². The molecule has 6 aliphatic carbocycles. The van der Waals surface area contributed by atoms with E-state index in [1.807, 2.05) is 54.6 Å². The number of carbonyl (C=O) groups excluding carboxylic acids is 1. The summed E-state index contributed by atoms with van der Waals surface area (Å²) in [6, 6.07) is 17.9. The van der Waals surface area contributed by atoms with Gasteiger partial charge in [0, 0.05) is 47.1 Å². The first-order valence-corrected chi connectivity index (χ1v) is 20.2. The van der Waals surface area contributed by atoms with E-state index in [9.17, 15) is 18.6 Å². The molecule has 2 N–H and O–H groups in total. The van der Waals surface area contributed by atoms with Crippen molar-refractivity contribution in [1.29, 1.82) is 0 Å². The predicted octanol–water partition coefficient (Wildman–Crippen LogP) is 6.57. The molecule has 0 radical (unpaired) electrons. The first-order chi connectivity index (χ1) is 23.3. The van der Waals surface area contributed by atoms with Crippen LogP contribution in [0.1, 0.15) is 82.0 Å². The lowest BCUT2D eigenvalue weighted by atomic mass is 9.32. The monoisotopic (exact) mass is 685 g/mol. The van der Waals surface area contributed by atoms with Crippen molar-refractivity contribution in [3.63, 3.8) is 0 Å². The van der Waals surface area contributed by atoms with Gasteiger partial charge in [-0.3, -0.25) is 4.79 Å². The third-order valence-corrected chi connectivity index (χ3v) is 15.8. The number of nitrogens with zero attached hydrogens (tertiary/aromatic N) is 1. The van der Waals surface area contributed by atoms with Gasteiger partial charge in [-0.2, -0.15) is 4.31 Å². The fourth-order valence-corrected chi connectivity index (χ4v) is 12.8. The van der Waals surface area contributed by atoms with Crippen LogP contribution < -0.4 is 0 Å². The average Bonchev–Trinajstić information content (AvgIpc) is 3.69. The van der Waals surface area contributed by atoms with Gasteiger partial charge in [-0.05, 0) is 86.2 Å². The first kappa shape index (κ1) is 33.5. The number of carbonyl (C=O) groups is 1. The maximum atomic E-state index is 15.3. The first-order valence-electron chi connectivity index (χ1n) is 18.4. The number of aliphatic hydroxyl groups is 2. The van der Waals surface area contributed by atoms with Gasteiger partial charge >= 0.3 is 0 Å². The number of fused-ring (bicyclic) bond motifs is 1. The van der Waals surface area contributed by atoms with E-state index in [4.69, 9.17) is 4.74 Å². The zero-order valence-electron chi connectivity index (χ0n) is 29.1. The van der Waals surface area contributed by atoms with Gasteiger partial charge in [0.25, 0.3) is 0 Å². The lowest BCUT2D eigenvalue weighted by Crippen LogP contribution is -2.67. The molecule has 1 aliphatic heterocycles. The molecule has 9 unspecified atom stereocenters. The second-order valence-corrected chi connectivity index (χ2v) is 18.7. The van der Waals surface area contributed by atoms with Crippen LogP contribution in [0.3, 0.4) is 0 Å². The summed E-state index contributed by atoms with van der Waals surface area (Å²) in [6.45, 7) is 5.46. The van der Waals surface area contributed by atoms with Crippen LogP contribution in [0.4, 0.5) is 0 Å². The normalized spacial score (nSPS) is 40.9. The highest BCUT2D eigenvalue weighted by molar-refractivity contribution is 7.88. The Labute approximate surface area is 291 Å². The minimum Gasteiger partial charge on any atom is -0.393 e. The summed E-state index contributed by atoms with van der Waals surface area (Å²) in [7, 11) is -3.61. The molecule has 7 aliphatic rings. The number of aliphatic hydroxyl groups excluding tert-OH is 1. The van der Waals surface area contributed by atoms with Gasteiger partial charge in [0.05, 0.1) is 24.1 Å². The molecule has 7 nitrogen and oxygen atoms in total. The number of hydrogen-bond donors (Lipinski definition) is 2. The minimum atomic E-state index is -3.61. The molecule has 2 aromatic rings. The van der Waals surface area contributed by atoms with Crippen molar-refractivity contribution >= 4 is 15.8 Å². The van der Waals surface area contributed by atoms with E-state index in [0.717, 1.165) is 55.2 Å². The van der Waals surface area contributed by atoms with Crippen LogP contribution >= 0.6 is 0 Å². The predicted molar refractivity (Wildman–Crippen MR) is 190 cm³/mol. The smallest absolute Gasteiger partial charge is 0.211 e. The molecular formula is C41H51NO6S. The van der Waals surface area contributed by atoms with E-state index in [2.05, 4.69) is 32.1 Å². The molecule has 0 aromatic heterocycles. The molecule has 1 heterocycles. The SMILES string of the molecule is CC12CCC(O)CC13C=CC1(C(C(=O)c4ccccc4-c4ccccc4)=C3)C2CCC2(C)C1CCC2(O)CN(CC1CCCO1)S(C)(=O)=O. The minimum absolute atomic E-state index is 0.0196. The third kappa shape index (κ3) is 4.80. The second kappa shape index (κ2) is 11.4. The van der Waals surface area contributed by atoms with Gasteiger partial charge < -0.3 is 14.9 Å². The fourth-order valence-electron chi connectivity index (χ4n) is 11.9. The van der Waals surface area contributed by atoms with Crippen molar-refractivity contribution < 1.29 is 28.2 Å². The quantitative estimate of drug-likeness (QED) is 0.241. The molecule has 2 aromatic carbocycles. The summed E-state index contributed by atoms with van der Waals surface area (Å²) in [4.78, 5) is 15.3. The standard InChI is InChI=1S/C41H51NO6S/c1-37-18-15-29(43)24-39(37)21-22-41(33(25-39)36(44)32-14-8-7-13-31(32)28-10-5-4-6-11-28)34(37)16-19-38(2)35(41)17-20-40(38,45)27-42(49(3,46)47)26-30-12-9-23-48-30/h4-8,10-11,13-14,21-22,25,29-30,34-35,43,45H,9,12,15-20,23-24,26-27H2,1-3H3. The number of benzene rings is 2. The maximum Gasteiger partial charge on any atom is 0.211 e. The van der Waals surface area contributed by atoms with Gasteiger partial charge in [-0.1, -0.05) is 86.7 Å². The van der Waals surface area contributed by atoms with E-state index in [0.29, 0.717) is 31.4 Å². The molecule has 0 amide bonds. The largest absolute Gasteiger partial charge is 0.393 e. The van der Waals surface area contributed by atoms with Crippen LogP contribution in [0, 0.1) is 33.5 Å². The van der Waals surface area contributed by atoms with E-state index in [1.54, 1.807) is 0 Å². The summed E-state index contributed by atoms with van der Waals surface area (Å²) in [5.41, 5.74) is 0.262. The van der Waals surface area contributed by atoms with E-state index in [1.165, 1.54) is 10.6 Å². The number of allylic oxidation sites excluding steroid dienone is 4. The molecule has 262 valence electrons. The highest BCUT2D eigenvalue weighted by Crippen LogP contribution is 2.78. The fraction of sp³-hybridized carbons (Fsp3) is 0.585. The van der Waals surface area contributed by atoms with Gasteiger partial charge in [0.1, 0.15) is 0 Å². The van der Waals surface area contributed by atoms with Crippen molar-refractivity contribution in [1.82, 2.24) is 4.31 Å². The number of sulfonamides is 1. The molecule has 2 spiro atoms. The highest BCUT2D eigenvalue weighted by Gasteiger charge is 2.74. The Hall–Kier alpha value is -2.62. The number of ketones is 1. The topological polar surface area (TPSA) is 104 Å². The molecule has 9 rings (SSSR count). The Morgan fingerprint density at radius 1 is 0.918 bits per heavy atom.